The molecule has 1 aromatic heterocycles. The smallest absolute Gasteiger partial charge is 0.405 e. The predicted octanol–water partition coefficient (Wildman–Crippen LogP) is 1.31. The Bertz CT molecular complexity index is 302. The van der Waals surface area contributed by atoms with Crippen LogP contribution in [-0.2, 0) is 0 Å². The van der Waals surface area contributed by atoms with E-state index in [1.54, 1.807) is 0 Å². The lowest BCUT2D eigenvalue weighted by Gasteiger charge is -1.80. The first-order chi connectivity index (χ1) is 5.15. The van der Waals surface area contributed by atoms with E-state index in [1.165, 1.54) is 6.92 Å². The van der Waals surface area contributed by atoms with Crippen LogP contribution in [0.1, 0.15) is 16.1 Å². The van der Waals surface area contributed by atoms with E-state index in [1.807, 2.05) is 0 Å². The summed E-state index contributed by atoms with van der Waals surface area (Å²) in [7, 11) is 0. The van der Waals surface area contributed by atoms with Crippen molar-refractivity contribution < 1.29 is 14.1 Å². The van der Waals surface area contributed by atoms with Crippen LogP contribution in [0.5, 0.6) is 0 Å². The summed E-state index contributed by atoms with van der Waals surface area (Å²) >= 11 is 0. The number of furan rings is 1. The summed E-state index contributed by atoms with van der Waals surface area (Å²) in [6.45, 7) is 1.50. The molecule has 5 nitrogen and oxygen atoms in total. The third-order valence-corrected chi connectivity index (χ3v) is 1.25. The lowest BCUT2D eigenvalue weighted by molar-refractivity contribution is -0.402. The molecule has 0 radical (unpaired) electrons. The second kappa shape index (κ2) is 2.53. The summed E-state index contributed by atoms with van der Waals surface area (Å²) in [5.41, 5.74) is 0.219. The van der Waals surface area contributed by atoms with Crippen molar-refractivity contribution in [1.29, 1.82) is 0 Å². The Labute approximate surface area is 61.8 Å². The molecule has 1 aromatic rings. The van der Waals surface area contributed by atoms with Gasteiger partial charge in [-0.3, -0.25) is 14.9 Å². The van der Waals surface area contributed by atoms with Crippen molar-refractivity contribution in [2.24, 2.45) is 0 Å². The van der Waals surface area contributed by atoms with Crippen LogP contribution in [0.4, 0.5) is 5.88 Å². The van der Waals surface area contributed by atoms with Gasteiger partial charge in [-0.25, -0.2) is 0 Å². The van der Waals surface area contributed by atoms with Gasteiger partial charge >= 0.3 is 5.88 Å². The molecular formula is C6H5NO4. The third kappa shape index (κ3) is 1.26. The first-order valence-corrected chi connectivity index (χ1v) is 2.85. The molecule has 0 unspecified atom stereocenters. The Kier molecular flexibility index (Phi) is 1.72. The average Bonchev–Trinajstić information content (AvgIpc) is 2.31. The van der Waals surface area contributed by atoms with Crippen molar-refractivity contribution in [3.05, 3.63) is 27.5 Å². The quantitative estimate of drug-likeness (QED) is 0.366. The van der Waals surface area contributed by atoms with Crippen molar-refractivity contribution in [3.63, 3.8) is 0 Å². The van der Waals surface area contributed by atoms with E-state index in [2.05, 4.69) is 4.42 Å². The van der Waals surface area contributed by atoms with Gasteiger partial charge < -0.3 is 4.42 Å². The largest absolute Gasteiger partial charge is 0.433 e. The molecule has 5 heteroatoms. The second-order valence-corrected chi connectivity index (χ2v) is 1.97. The maximum absolute atomic E-state index is 10.2. The molecule has 58 valence electrons. The number of nitro groups is 1. The minimum absolute atomic E-state index is 0.219. The van der Waals surface area contributed by atoms with Crippen molar-refractivity contribution >= 4 is 12.2 Å². The van der Waals surface area contributed by atoms with Crippen LogP contribution in [0, 0.1) is 17.0 Å². The van der Waals surface area contributed by atoms with Crippen molar-refractivity contribution in [3.8, 4) is 0 Å². The minimum atomic E-state index is -0.681. The maximum Gasteiger partial charge on any atom is 0.433 e. The van der Waals surface area contributed by atoms with Crippen molar-refractivity contribution in [1.82, 2.24) is 0 Å². The molecule has 11 heavy (non-hydrogen) atoms. The summed E-state index contributed by atoms with van der Waals surface area (Å²) in [5.74, 6) is -0.128. The van der Waals surface area contributed by atoms with Gasteiger partial charge in [0.1, 0.15) is 10.7 Å². The van der Waals surface area contributed by atoms with E-state index in [0.717, 1.165) is 6.07 Å². The topological polar surface area (TPSA) is 73.3 Å². The fourth-order valence-electron chi connectivity index (χ4n) is 0.687. The predicted molar refractivity (Wildman–Crippen MR) is 35.5 cm³/mol. The molecule has 0 bridgehead atoms. The van der Waals surface area contributed by atoms with Crippen LogP contribution >= 0.6 is 0 Å². The maximum atomic E-state index is 10.2. The molecule has 0 atom stereocenters. The standard InChI is InChI=1S/C6H5NO4/c1-4-5(3-8)2-6(11-4)7(9)10/h2-3H,1H3. The SMILES string of the molecule is Cc1oc([N+](=O)[O-])cc1C=O. The number of hydrogen-bond acceptors (Lipinski definition) is 4. The molecule has 0 fully saturated rings. The highest BCUT2D eigenvalue weighted by Crippen LogP contribution is 2.18. The van der Waals surface area contributed by atoms with E-state index < -0.39 is 10.8 Å². The normalized spacial score (nSPS) is 9.55. The number of nitrogens with zero attached hydrogens (tertiary/aromatic N) is 1. The Morgan fingerprint density at radius 3 is 2.64 bits per heavy atom. The molecule has 0 amide bonds. The fourth-order valence-corrected chi connectivity index (χ4v) is 0.687. The molecule has 0 aliphatic heterocycles. The second-order valence-electron chi connectivity index (χ2n) is 1.97. The van der Waals surface area contributed by atoms with Gasteiger partial charge in [-0.2, -0.15) is 0 Å². The number of aryl methyl sites for hydroxylation is 1. The highest BCUT2D eigenvalue weighted by atomic mass is 16.6. The monoisotopic (exact) mass is 155 g/mol. The summed E-state index contributed by atoms with van der Waals surface area (Å²) in [5, 5.41) is 10.1. The van der Waals surface area contributed by atoms with Crippen molar-refractivity contribution in [2.75, 3.05) is 0 Å². The Hall–Kier alpha value is -1.65. The van der Waals surface area contributed by atoms with E-state index in [0.29, 0.717) is 6.29 Å². The van der Waals surface area contributed by atoms with Gasteiger partial charge in [0.25, 0.3) is 0 Å². The van der Waals surface area contributed by atoms with Crippen LogP contribution < -0.4 is 0 Å². The van der Waals surface area contributed by atoms with Crippen LogP contribution in [-0.4, -0.2) is 11.2 Å². The third-order valence-electron chi connectivity index (χ3n) is 1.25. The molecule has 0 N–H and O–H groups in total. The number of aldehydes is 1. The van der Waals surface area contributed by atoms with Gasteiger partial charge in [-0.1, -0.05) is 0 Å². The zero-order valence-corrected chi connectivity index (χ0v) is 5.73. The van der Waals surface area contributed by atoms with Crippen LogP contribution in [0.3, 0.4) is 0 Å². The minimum Gasteiger partial charge on any atom is -0.405 e. The summed E-state index contributed by atoms with van der Waals surface area (Å²) in [6.07, 6.45) is 0.520. The van der Waals surface area contributed by atoms with Gasteiger partial charge in [0.15, 0.2) is 6.29 Å². The number of rotatable bonds is 2. The molecule has 0 aliphatic carbocycles. The molecule has 0 saturated heterocycles. The van der Waals surface area contributed by atoms with Gasteiger partial charge in [0.05, 0.1) is 11.6 Å². The molecular weight excluding hydrogens is 150 g/mol. The van der Waals surface area contributed by atoms with Gasteiger partial charge in [0, 0.05) is 0 Å². The Morgan fingerprint density at radius 1 is 1.73 bits per heavy atom. The number of carbonyl (C=O) groups excluding carboxylic acids is 1. The molecule has 1 rings (SSSR count). The Morgan fingerprint density at radius 2 is 2.36 bits per heavy atom. The van der Waals surface area contributed by atoms with Crippen LogP contribution in [0.25, 0.3) is 0 Å². The summed E-state index contributed by atoms with van der Waals surface area (Å²) in [6, 6.07) is 1.10. The Balaban J connectivity index is 3.14. The number of hydrogen-bond donors (Lipinski definition) is 0. The lowest BCUT2D eigenvalue weighted by atomic mass is 10.3. The molecule has 0 saturated carbocycles. The zero-order chi connectivity index (χ0) is 8.43. The van der Waals surface area contributed by atoms with E-state index >= 15 is 0 Å². The highest BCUT2D eigenvalue weighted by Gasteiger charge is 2.14. The fraction of sp³-hybridized carbons (Fsp3) is 0.167. The summed E-state index contributed by atoms with van der Waals surface area (Å²) in [4.78, 5) is 19.6. The molecule has 0 aromatic carbocycles. The first-order valence-electron chi connectivity index (χ1n) is 2.85. The van der Waals surface area contributed by atoms with Gasteiger partial charge in [-0.15, -0.1) is 0 Å². The van der Waals surface area contributed by atoms with Crippen LogP contribution in [0.15, 0.2) is 10.5 Å². The van der Waals surface area contributed by atoms with Crippen molar-refractivity contribution in [2.45, 2.75) is 6.92 Å². The zero-order valence-electron chi connectivity index (χ0n) is 5.73. The molecule has 0 aliphatic rings. The molecule has 0 spiro atoms. The average molecular weight is 155 g/mol. The first kappa shape index (κ1) is 7.46. The number of carbonyl (C=O) groups is 1. The summed E-state index contributed by atoms with van der Waals surface area (Å²) < 4.78 is 4.64. The van der Waals surface area contributed by atoms with Crippen LogP contribution in [0.2, 0.25) is 0 Å². The van der Waals surface area contributed by atoms with Gasteiger partial charge in [0.2, 0.25) is 0 Å². The van der Waals surface area contributed by atoms with E-state index in [9.17, 15) is 14.9 Å². The van der Waals surface area contributed by atoms with Gasteiger partial charge in [-0.05, 0) is 6.92 Å². The van der Waals surface area contributed by atoms with E-state index in [-0.39, 0.29) is 11.3 Å². The lowest BCUT2D eigenvalue weighted by Crippen LogP contribution is -1.82. The highest BCUT2D eigenvalue weighted by molar-refractivity contribution is 5.77. The van der Waals surface area contributed by atoms with E-state index in [4.69, 9.17) is 0 Å². The molecule has 1 heterocycles.